The molecule has 5 heteroatoms. The van der Waals surface area contributed by atoms with E-state index < -0.39 is 0 Å². The van der Waals surface area contributed by atoms with Crippen molar-refractivity contribution in [3.8, 4) is 11.5 Å². The zero-order chi connectivity index (χ0) is 20.5. The number of aromatic nitrogens is 1. The first-order valence-electron chi connectivity index (χ1n) is 9.49. The molecule has 0 radical (unpaired) electrons. The summed E-state index contributed by atoms with van der Waals surface area (Å²) in [5.74, 6) is 0.689. The van der Waals surface area contributed by atoms with Crippen LogP contribution < -0.4 is 5.32 Å². The second kappa shape index (κ2) is 7.72. The van der Waals surface area contributed by atoms with E-state index in [9.17, 15) is 4.79 Å². The average Bonchev–Trinajstić information content (AvgIpc) is 3.12. The number of halogens is 1. The Balaban J connectivity index is 1.66. The van der Waals surface area contributed by atoms with Gasteiger partial charge in [-0.3, -0.25) is 4.79 Å². The van der Waals surface area contributed by atoms with Crippen molar-refractivity contribution >= 4 is 34.3 Å². The molecule has 0 saturated heterocycles. The van der Waals surface area contributed by atoms with Gasteiger partial charge in [0.2, 0.25) is 5.89 Å². The van der Waals surface area contributed by atoms with Gasteiger partial charge in [-0.1, -0.05) is 49.2 Å². The quantitative estimate of drug-likeness (QED) is 0.405. The molecule has 0 bridgehead atoms. The van der Waals surface area contributed by atoms with Crippen LogP contribution in [0.15, 0.2) is 65.1 Å². The Labute approximate surface area is 174 Å². The van der Waals surface area contributed by atoms with Gasteiger partial charge in [0.15, 0.2) is 5.58 Å². The molecule has 146 valence electrons. The van der Waals surface area contributed by atoms with Crippen LogP contribution in [0, 0.1) is 6.92 Å². The van der Waals surface area contributed by atoms with Gasteiger partial charge in [-0.15, -0.1) is 0 Å². The van der Waals surface area contributed by atoms with Crippen LogP contribution in [-0.2, 0) is 0 Å². The Morgan fingerprint density at radius 3 is 2.66 bits per heavy atom. The van der Waals surface area contributed by atoms with Crippen molar-refractivity contribution in [1.82, 2.24) is 4.98 Å². The third-order valence-corrected chi connectivity index (χ3v) is 5.15. The molecule has 0 aliphatic carbocycles. The zero-order valence-corrected chi connectivity index (χ0v) is 17.2. The van der Waals surface area contributed by atoms with Crippen LogP contribution >= 0.6 is 11.6 Å². The zero-order valence-electron chi connectivity index (χ0n) is 16.5. The SMILES string of the molecule is Cc1cccc(C(=O)Nc2cc(-c3nc4cc(C(C)C)ccc4o3)ccc2Cl)c1. The van der Waals surface area contributed by atoms with Crippen molar-refractivity contribution in [2.45, 2.75) is 26.7 Å². The molecule has 4 aromatic rings. The van der Waals surface area contributed by atoms with E-state index in [0.717, 1.165) is 22.2 Å². The number of nitrogens with zero attached hydrogens (tertiary/aromatic N) is 1. The van der Waals surface area contributed by atoms with Gasteiger partial charge in [-0.25, -0.2) is 4.98 Å². The normalized spacial score (nSPS) is 11.2. The topological polar surface area (TPSA) is 55.1 Å². The summed E-state index contributed by atoms with van der Waals surface area (Å²) in [6.45, 7) is 6.23. The van der Waals surface area contributed by atoms with Crippen LogP contribution in [0.25, 0.3) is 22.6 Å². The molecule has 1 amide bonds. The largest absolute Gasteiger partial charge is 0.436 e. The minimum absolute atomic E-state index is 0.216. The molecule has 0 aliphatic rings. The molecule has 1 aromatic heterocycles. The van der Waals surface area contributed by atoms with E-state index in [1.54, 1.807) is 18.2 Å². The third kappa shape index (κ3) is 4.03. The summed E-state index contributed by atoms with van der Waals surface area (Å²) in [7, 11) is 0. The number of carbonyl (C=O) groups excluding carboxylic acids is 1. The second-order valence-corrected chi connectivity index (χ2v) is 7.83. The first-order chi connectivity index (χ1) is 13.9. The van der Waals surface area contributed by atoms with Gasteiger partial charge >= 0.3 is 0 Å². The molecular weight excluding hydrogens is 384 g/mol. The summed E-state index contributed by atoms with van der Waals surface area (Å²) >= 11 is 6.32. The smallest absolute Gasteiger partial charge is 0.255 e. The number of carbonyl (C=O) groups is 1. The summed E-state index contributed by atoms with van der Waals surface area (Å²) in [6.07, 6.45) is 0. The minimum Gasteiger partial charge on any atom is -0.436 e. The van der Waals surface area contributed by atoms with E-state index in [1.807, 2.05) is 43.3 Å². The molecule has 1 N–H and O–H groups in total. The molecule has 0 fully saturated rings. The second-order valence-electron chi connectivity index (χ2n) is 7.42. The molecule has 0 saturated carbocycles. The summed E-state index contributed by atoms with van der Waals surface area (Å²) < 4.78 is 5.92. The van der Waals surface area contributed by atoms with Crippen LogP contribution in [0.1, 0.15) is 41.3 Å². The number of fused-ring (bicyclic) bond motifs is 1. The number of hydrogen-bond acceptors (Lipinski definition) is 3. The molecule has 3 aromatic carbocycles. The van der Waals surface area contributed by atoms with E-state index in [-0.39, 0.29) is 5.91 Å². The van der Waals surface area contributed by atoms with Crippen molar-refractivity contribution in [1.29, 1.82) is 0 Å². The Hall–Kier alpha value is -3.11. The Kier molecular flexibility index (Phi) is 5.12. The fraction of sp³-hybridized carbons (Fsp3) is 0.167. The van der Waals surface area contributed by atoms with Gasteiger partial charge in [0.05, 0.1) is 10.7 Å². The lowest BCUT2D eigenvalue weighted by atomic mass is 10.0. The summed E-state index contributed by atoms with van der Waals surface area (Å²) in [5, 5.41) is 3.33. The molecule has 0 atom stereocenters. The maximum absolute atomic E-state index is 12.6. The van der Waals surface area contributed by atoms with Crippen molar-refractivity contribution < 1.29 is 9.21 Å². The maximum atomic E-state index is 12.6. The molecule has 4 rings (SSSR count). The van der Waals surface area contributed by atoms with E-state index in [1.165, 1.54) is 5.56 Å². The van der Waals surface area contributed by atoms with Crippen molar-refractivity contribution in [2.75, 3.05) is 5.32 Å². The van der Waals surface area contributed by atoms with Crippen LogP contribution in [0.5, 0.6) is 0 Å². The van der Waals surface area contributed by atoms with Gasteiger partial charge in [-0.05, 0) is 60.9 Å². The fourth-order valence-electron chi connectivity index (χ4n) is 3.16. The predicted octanol–water partition coefficient (Wildman–Crippen LogP) is 6.83. The van der Waals surface area contributed by atoms with Crippen LogP contribution in [-0.4, -0.2) is 10.9 Å². The molecule has 0 spiro atoms. The molecule has 0 aliphatic heterocycles. The first-order valence-corrected chi connectivity index (χ1v) is 9.87. The fourth-order valence-corrected chi connectivity index (χ4v) is 3.33. The van der Waals surface area contributed by atoms with Gasteiger partial charge in [-0.2, -0.15) is 0 Å². The van der Waals surface area contributed by atoms with Crippen LogP contribution in [0.2, 0.25) is 5.02 Å². The third-order valence-electron chi connectivity index (χ3n) is 4.82. The van der Waals surface area contributed by atoms with Crippen molar-refractivity contribution in [2.24, 2.45) is 0 Å². The van der Waals surface area contributed by atoms with Crippen LogP contribution in [0.4, 0.5) is 5.69 Å². The molecular formula is C24H21ClN2O2. The lowest BCUT2D eigenvalue weighted by molar-refractivity contribution is 0.102. The highest BCUT2D eigenvalue weighted by atomic mass is 35.5. The number of rotatable bonds is 4. The number of oxazole rings is 1. The molecule has 1 heterocycles. The van der Waals surface area contributed by atoms with E-state index >= 15 is 0 Å². The van der Waals surface area contributed by atoms with E-state index in [0.29, 0.717) is 28.1 Å². The summed E-state index contributed by atoms with van der Waals surface area (Å²) in [4.78, 5) is 17.2. The van der Waals surface area contributed by atoms with Gasteiger partial charge < -0.3 is 9.73 Å². The van der Waals surface area contributed by atoms with E-state index in [4.69, 9.17) is 16.0 Å². The highest BCUT2D eigenvalue weighted by Gasteiger charge is 2.14. The van der Waals surface area contributed by atoms with Crippen molar-refractivity contribution in [3.05, 3.63) is 82.4 Å². The predicted molar refractivity (Wildman–Crippen MR) is 118 cm³/mol. The minimum atomic E-state index is -0.216. The Morgan fingerprint density at radius 2 is 1.90 bits per heavy atom. The Morgan fingerprint density at radius 1 is 1.07 bits per heavy atom. The molecule has 4 nitrogen and oxygen atoms in total. The number of anilines is 1. The maximum Gasteiger partial charge on any atom is 0.255 e. The van der Waals surface area contributed by atoms with Gasteiger partial charge in [0, 0.05) is 11.1 Å². The lowest BCUT2D eigenvalue weighted by Gasteiger charge is -2.09. The summed E-state index contributed by atoms with van der Waals surface area (Å²) in [6, 6.07) is 18.8. The highest BCUT2D eigenvalue weighted by Crippen LogP contribution is 2.31. The number of aryl methyl sites for hydroxylation is 1. The summed E-state index contributed by atoms with van der Waals surface area (Å²) in [5.41, 5.74) is 5.60. The number of nitrogens with one attached hydrogen (secondary N) is 1. The van der Waals surface area contributed by atoms with Crippen molar-refractivity contribution in [3.63, 3.8) is 0 Å². The first kappa shape index (κ1) is 19.2. The number of hydrogen-bond donors (Lipinski definition) is 1. The number of benzene rings is 3. The lowest BCUT2D eigenvalue weighted by Crippen LogP contribution is -2.12. The van der Waals surface area contributed by atoms with E-state index in [2.05, 4.69) is 30.2 Å². The van der Waals surface area contributed by atoms with Gasteiger partial charge in [0.1, 0.15) is 5.52 Å². The highest BCUT2D eigenvalue weighted by molar-refractivity contribution is 6.34. The van der Waals surface area contributed by atoms with Crippen LogP contribution in [0.3, 0.4) is 0 Å². The average molecular weight is 405 g/mol. The standard InChI is InChI=1S/C24H21ClN2O2/c1-14(2)16-8-10-22-21(12-16)27-24(29-22)18-7-9-19(25)20(13-18)26-23(28)17-6-4-5-15(3)11-17/h4-14H,1-3H3,(H,26,28). The number of amides is 1. The Bertz CT molecular complexity index is 1210. The molecule has 29 heavy (non-hydrogen) atoms. The monoisotopic (exact) mass is 404 g/mol. The molecule has 0 unspecified atom stereocenters. The van der Waals surface area contributed by atoms with Gasteiger partial charge in [0.25, 0.3) is 5.91 Å².